The number of nitrogens with zero attached hydrogens (tertiary/aromatic N) is 1. The maximum atomic E-state index is 12.1. The van der Waals surface area contributed by atoms with Crippen LogP contribution in [0.25, 0.3) is 0 Å². The molecule has 1 saturated carbocycles. The molecule has 0 bridgehead atoms. The number of ketones is 1. The Hall–Kier alpha value is -1.37. The number of thioether (sulfide) groups is 1. The smallest absolute Gasteiger partial charge is 0.233 e. The summed E-state index contributed by atoms with van der Waals surface area (Å²) in [6.45, 7) is 2.00. The molecular weight excluding hydrogens is 292 g/mol. The highest BCUT2D eigenvalue weighted by molar-refractivity contribution is 8.00. The number of rotatable bonds is 7. The maximum Gasteiger partial charge on any atom is 0.233 e. The van der Waals surface area contributed by atoms with Crippen molar-refractivity contribution in [3.63, 3.8) is 0 Å². The second-order valence-electron chi connectivity index (χ2n) is 5.52. The first-order chi connectivity index (χ1) is 10.0. The molecule has 2 fully saturated rings. The van der Waals surface area contributed by atoms with Crippen molar-refractivity contribution in [1.29, 1.82) is 0 Å². The topological polar surface area (TPSA) is 83.6 Å². The van der Waals surface area contributed by atoms with Crippen molar-refractivity contribution in [1.82, 2.24) is 10.2 Å². The number of imide groups is 1. The Labute approximate surface area is 129 Å². The molecule has 2 aliphatic rings. The number of amides is 3. The number of nitrogens with one attached hydrogen (secondary N) is 1. The first-order valence-corrected chi connectivity index (χ1v) is 8.35. The SMILES string of the molecule is CC(=O)CSCC(=O)NCCN1C(=O)[C@H]2CCC[C@H]2C1=O.[HH]. The maximum absolute atomic E-state index is 12.1. The lowest BCUT2D eigenvalue weighted by atomic mass is 10.00. The minimum Gasteiger partial charge on any atom is -0.354 e. The van der Waals surface area contributed by atoms with E-state index in [0.717, 1.165) is 19.3 Å². The van der Waals surface area contributed by atoms with Crippen LogP contribution in [-0.4, -0.2) is 53.0 Å². The van der Waals surface area contributed by atoms with E-state index in [1.54, 1.807) is 0 Å². The van der Waals surface area contributed by atoms with Crippen LogP contribution in [0.5, 0.6) is 0 Å². The molecule has 0 aromatic heterocycles. The number of Topliss-reactive ketones (excluding diaryl/α,β-unsaturated/α-hetero) is 1. The standard InChI is InChI=1S/C14H20N2O4S.H2/c1-9(17)7-21-8-12(18)15-5-6-16-13(19)10-3-2-4-11(10)14(16)20;/h10-11H,2-8H2,1H3,(H,15,18);1H/t10-,11+;. The summed E-state index contributed by atoms with van der Waals surface area (Å²) in [5.74, 6) is -0.0238. The van der Waals surface area contributed by atoms with Crippen LogP contribution in [0.4, 0.5) is 0 Å². The summed E-state index contributed by atoms with van der Waals surface area (Å²) in [4.78, 5) is 47.7. The molecule has 3 amide bonds. The molecular formula is C14H22N2O4S. The lowest BCUT2D eigenvalue weighted by Crippen LogP contribution is -2.39. The van der Waals surface area contributed by atoms with Crippen LogP contribution in [0.2, 0.25) is 0 Å². The lowest BCUT2D eigenvalue weighted by Gasteiger charge is -2.16. The van der Waals surface area contributed by atoms with Crippen LogP contribution in [0.1, 0.15) is 27.6 Å². The fraction of sp³-hybridized carbons (Fsp3) is 0.714. The zero-order valence-electron chi connectivity index (χ0n) is 12.1. The number of hydrogen-bond donors (Lipinski definition) is 1. The molecule has 1 aliphatic heterocycles. The zero-order chi connectivity index (χ0) is 15.4. The summed E-state index contributed by atoms with van der Waals surface area (Å²) in [5, 5.41) is 2.67. The van der Waals surface area contributed by atoms with Crippen molar-refractivity contribution in [2.45, 2.75) is 26.2 Å². The zero-order valence-corrected chi connectivity index (χ0v) is 12.9. The van der Waals surface area contributed by atoms with E-state index >= 15 is 0 Å². The lowest BCUT2D eigenvalue weighted by molar-refractivity contribution is -0.140. The number of fused-ring (bicyclic) bond motifs is 1. The highest BCUT2D eigenvalue weighted by Crippen LogP contribution is 2.39. The Bertz CT molecular complexity index is 450. The van der Waals surface area contributed by atoms with E-state index in [2.05, 4.69) is 5.32 Å². The largest absolute Gasteiger partial charge is 0.354 e. The van der Waals surface area contributed by atoms with E-state index in [0.29, 0.717) is 5.75 Å². The van der Waals surface area contributed by atoms with E-state index in [1.807, 2.05) is 0 Å². The van der Waals surface area contributed by atoms with Crippen LogP contribution in [-0.2, 0) is 19.2 Å². The van der Waals surface area contributed by atoms with Crippen molar-refractivity contribution >= 4 is 35.3 Å². The predicted octanol–water partition coefficient (Wildman–Crippen LogP) is 0.456. The summed E-state index contributed by atoms with van der Waals surface area (Å²) in [6, 6.07) is 0. The molecule has 118 valence electrons. The van der Waals surface area contributed by atoms with Gasteiger partial charge in [-0.3, -0.25) is 24.1 Å². The van der Waals surface area contributed by atoms with Gasteiger partial charge in [0.1, 0.15) is 5.78 Å². The van der Waals surface area contributed by atoms with Gasteiger partial charge in [0.05, 0.1) is 23.3 Å². The van der Waals surface area contributed by atoms with Crippen molar-refractivity contribution in [3.05, 3.63) is 0 Å². The second kappa shape index (κ2) is 7.06. The molecule has 6 nitrogen and oxygen atoms in total. The van der Waals surface area contributed by atoms with Gasteiger partial charge in [0.25, 0.3) is 0 Å². The van der Waals surface area contributed by atoms with Crippen LogP contribution < -0.4 is 5.32 Å². The molecule has 2 rings (SSSR count). The van der Waals surface area contributed by atoms with Crippen molar-refractivity contribution in [3.8, 4) is 0 Å². The van der Waals surface area contributed by atoms with E-state index < -0.39 is 0 Å². The van der Waals surface area contributed by atoms with Gasteiger partial charge in [0.2, 0.25) is 17.7 Å². The summed E-state index contributed by atoms with van der Waals surface area (Å²) in [5.41, 5.74) is 0. The molecule has 2 atom stereocenters. The third kappa shape index (κ3) is 3.84. The number of likely N-dealkylation sites (tertiary alicyclic amines) is 1. The molecule has 0 aromatic carbocycles. The molecule has 1 N–H and O–H groups in total. The molecule has 0 unspecified atom stereocenters. The molecule has 0 spiro atoms. The number of carbonyl (C=O) groups is 4. The highest BCUT2D eigenvalue weighted by Gasteiger charge is 2.49. The van der Waals surface area contributed by atoms with E-state index in [1.165, 1.54) is 23.6 Å². The summed E-state index contributed by atoms with van der Waals surface area (Å²) in [7, 11) is 0. The summed E-state index contributed by atoms with van der Waals surface area (Å²) < 4.78 is 0. The monoisotopic (exact) mass is 314 g/mol. The first-order valence-electron chi connectivity index (χ1n) is 7.20. The van der Waals surface area contributed by atoms with Gasteiger partial charge in [0, 0.05) is 14.5 Å². The fourth-order valence-electron chi connectivity index (χ4n) is 2.93. The third-order valence-corrected chi connectivity index (χ3v) is 4.96. The average Bonchev–Trinajstić information content (AvgIpc) is 2.97. The Morgan fingerprint density at radius 2 is 1.86 bits per heavy atom. The average molecular weight is 314 g/mol. The Morgan fingerprint density at radius 1 is 1.24 bits per heavy atom. The van der Waals surface area contributed by atoms with E-state index in [-0.39, 0.29) is 55.6 Å². The molecule has 0 aromatic rings. The molecule has 7 heteroatoms. The molecule has 0 radical (unpaired) electrons. The van der Waals surface area contributed by atoms with Gasteiger partial charge in [-0.25, -0.2) is 0 Å². The van der Waals surface area contributed by atoms with Gasteiger partial charge in [-0.05, 0) is 19.8 Å². The van der Waals surface area contributed by atoms with Crippen molar-refractivity contribution in [2.24, 2.45) is 11.8 Å². The van der Waals surface area contributed by atoms with E-state index in [9.17, 15) is 19.2 Å². The van der Waals surface area contributed by atoms with Gasteiger partial charge >= 0.3 is 0 Å². The molecule has 1 saturated heterocycles. The van der Waals surface area contributed by atoms with Crippen LogP contribution in [0.3, 0.4) is 0 Å². The molecule has 1 heterocycles. The second-order valence-corrected chi connectivity index (χ2v) is 6.50. The highest BCUT2D eigenvalue weighted by atomic mass is 32.2. The summed E-state index contributed by atoms with van der Waals surface area (Å²) >= 11 is 1.26. The Morgan fingerprint density at radius 3 is 2.43 bits per heavy atom. The van der Waals surface area contributed by atoms with Crippen LogP contribution in [0.15, 0.2) is 0 Å². The molecule has 1 aliphatic carbocycles. The van der Waals surface area contributed by atoms with Crippen LogP contribution >= 0.6 is 11.8 Å². The Balaban J connectivity index is 0.00000242. The predicted molar refractivity (Wildman–Crippen MR) is 80.7 cm³/mol. The normalized spacial score (nSPS) is 24.3. The summed E-state index contributed by atoms with van der Waals surface area (Å²) in [6.07, 6.45) is 2.56. The third-order valence-electron chi connectivity index (χ3n) is 3.88. The number of carbonyl (C=O) groups excluding carboxylic acids is 4. The van der Waals surface area contributed by atoms with Gasteiger partial charge in [0.15, 0.2) is 0 Å². The minimum absolute atomic E-state index is 0. The number of hydrogen-bond acceptors (Lipinski definition) is 5. The van der Waals surface area contributed by atoms with Crippen molar-refractivity contribution < 1.29 is 20.6 Å². The molecule has 21 heavy (non-hydrogen) atoms. The fourth-order valence-corrected chi connectivity index (χ4v) is 3.60. The quantitative estimate of drug-likeness (QED) is 0.690. The minimum atomic E-state index is -0.180. The Kier molecular flexibility index (Phi) is 5.39. The van der Waals surface area contributed by atoms with Crippen LogP contribution in [0, 0.1) is 11.8 Å². The van der Waals surface area contributed by atoms with Gasteiger partial charge in [-0.15, -0.1) is 11.8 Å². The van der Waals surface area contributed by atoms with E-state index in [4.69, 9.17) is 0 Å². The van der Waals surface area contributed by atoms with Gasteiger partial charge < -0.3 is 5.32 Å². The van der Waals surface area contributed by atoms with Gasteiger partial charge in [-0.2, -0.15) is 0 Å². The first kappa shape index (κ1) is 16.0. The van der Waals surface area contributed by atoms with Gasteiger partial charge in [-0.1, -0.05) is 6.42 Å². The van der Waals surface area contributed by atoms with Crippen molar-refractivity contribution in [2.75, 3.05) is 24.6 Å².